The van der Waals surface area contributed by atoms with Gasteiger partial charge in [0.15, 0.2) is 0 Å². The molecule has 1 aliphatic carbocycles. The Hall–Kier alpha value is -1.75. The zero-order valence-electron chi connectivity index (χ0n) is 15.2. The Morgan fingerprint density at radius 1 is 1.31 bits per heavy atom. The van der Waals surface area contributed by atoms with Crippen molar-refractivity contribution < 1.29 is 14.3 Å². The molecule has 2 saturated heterocycles. The van der Waals surface area contributed by atoms with Gasteiger partial charge in [-0.05, 0) is 56.2 Å². The molecule has 0 radical (unpaired) electrons. The van der Waals surface area contributed by atoms with E-state index in [2.05, 4.69) is 4.90 Å². The predicted octanol–water partition coefficient (Wildman–Crippen LogP) is 3.21. The minimum Gasteiger partial charge on any atom is -0.496 e. The third-order valence-electron chi connectivity index (χ3n) is 6.03. The van der Waals surface area contributed by atoms with Gasteiger partial charge in [-0.25, -0.2) is 0 Å². The van der Waals surface area contributed by atoms with Crippen molar-refractivity contribution in [1.82, 2.24) is 9.80 Å². The van der Waals surface area contributed by atoms with Crippen molar-refractivity contribution in [2.45, 2.75) is 32.1 Å². The largest absolute Gasteiger partial charge is 0.496 e. The molecule has 1 spiro atoms. The van der Waals surface area contributed by atoms with E-state index in [1.54, 1.807) is 30.2 Å². The summed E-state index contributed by atoms with van der Waals surface area (Å²) in [7, 11) is 1.55. The van der Waals surface area contributed by atoms with Crippen LogP contribution in [0, 0.1) is 11.3 Å². The highest BCUT2D eigenvalue weighted by atomic mass is 35.5. The van der Waals surface area contributed by atoms with Gasteiger partial charge in [-0.3, -0.25) is 9.59 Å². The molecule has 1 aromatic rings. The van der Waals surface area contributed by atoms with E-state index in [9.17, 15) is 9.59 Å². The molecule has 1 aromatic carbocycles. The summed E-state index contributed by atoms with van der Waals surface area (Å²) in [4.78, 5) is 30.0. The van der Waals surface area contributed by atoms with E-state index in [4.69, 9.17) is 16.3 Å². The summed E-state index contributed by atoms with van der Waals surface area (Å²) in [5.74, 6) is 1.37. The molecule has 1 atom stereocenters. The maximum absolute atomic E-state index is 13.1. The van der Waals surface area contributed by atoms with Gasteiger partial charge < -0.3 is 14.5 Å². The van der Waals surface area contributed by atoms with Crippen LogP contribution in [-0.4, -0.2) is 54.9 Å². The summed E-state index contributed by atoms with van der Waals surface area (Å²) in [6, 6.07) is 5.07. The Morgan fingerprint density at radius 2 is 2.12 bits per heavy atom. The number of methoxy groups -OCH3 is 1. The molecule has 4 rings (SSSR count). The van der Waals surface area contributed by atoms with Gasteiger partial charge in [0, 0.05) is 31.2 Å². The van der Waals surface area contributed by atoms with Gasteiger partial charge in [0.25, 0.3) is 5.91 Å². The molecule has 6 heteroatoms. The van der Waals surface area contributed by atoms with Gasteiger partial charge in [0.05, 0.1) is 18.1 Å². The monoisotopic (exact) mass is 376 g/mol. The van der Waals surface area contributed by atoms with Crippen LogP contribution in [0.25, 0.3) is 0 Å². The lowest BCUT2D eigenvalue weighted by Gasteiger charge is -2.39. The molecule has 5 nitrogen and oxygen atoms in total. The molecule has 0 aromatic heterocycles. The Bertz CT molecular complexity index is 734. The maximum atomic E-state index is 13.1. The van der Waals surface area contributed by atoms with Crippen LogP contribution >= 0.6 is 11.6 Å². The standard InChI is InChI=1S/C20H25ClN2O3/c1-26-17-6-5-15(21)11-16(17)18(24)23-10-8-20(13-23)7-2-9-22(19(20)25)12-14-3-4-14/h5-6,11,14H,2-4,7-10,12-13H2,1H3. The molecule has 0 N–H and O–H groups in total. The first-order valence-corrected chi connectivity index (χ1v) is 9.82. The number of likely N-dealkylation sites (tertiary alicyclic amines) is 2. The third-order valence-corrected chi connectivity index (χ3v) is 6.27. The second-order valence-corrected chi connectivity index (χ2v) is 8.34. The first kappa shape index (κ1) is 17.7. The average molecular weight is 377 g/mol. The quantitative estimate of drug-likeness (QED) is 0.810. The van der Waals surface area contributed by atoms with E-state index in [1.165, 1.54) is 12.8 Å². The third kappa shape index (κ3) is 3.18. The normalized spacial score (nSPS) is 25.8. The molecule has 1 unspecified atom stereocenters. The van der Waals surface area contributed by atoms with E-state index in [-0.39, 0.29) is 11.8 Å². The van der Waals surface area contributed by atoms with Crippen molar-refractivity contribution in [3.8, 4) is 5.75 Å². The fraction of sp³-hybridized carbons (Fsp3) is 0.600. The van der Waals surface area contributed by atoms with E-state index in [0.29, 0.717) is 35.3 Å². The van der Waals surface area contributed by atoms with Gasteiger partial charge in [0.1, 0.15) is 5.75 Å². The highest BCUT2D eigenvalue weighted by molar-refractivity contribution is 6.31. The van der Waals surface area contributed by atoms with Crippen LogP contribution < -0.4 is 4.74 Å². The lowest BCUT2D eigenvalue weighted by Crippen LogP contribution is -2.50. The fourth-order valence-electron chi connectivity index (χ4n) is 4.38. The van der Waals surface area contributed by atoms with Crippen molar-refractivity contribution in [1.29, 1.82) is 0 Å². The number of halogens is 1. The number of hydrogen-bond acceptors (Lipinski definition) is 3. The van der Waals surface area contributed by atoms with Crippen LogP contribution in [0.4, 0.5) is 0 Å². The summed E-state index contributed by atoms with van der Waals surface area (Å²) in [5, 5.41) is 0.507. The minimum atomic E-state index is -0.394. The number of rotatable bonds is 4. The number of amides is 2. The van der Waals surface area contributed by atoms with Crippen LogP contribution in [0.2, 0.25) is 5.02 Å². The zero-order valence-corrected chi connectivity index (χ0v) is 15.9. The molecule has 3 fully saturated rings. The molecule has 26 heavy (non-hydrogen) atoms. The van der Waals surface area contributed by atoms with E-state index in [1.807, 2.05) is 0 Å². The van der Waals surface area contributed by atoms with Crippen LogP contribution in [0.1, 0.15) is 42.5 Å². The fourth-order valence-corrected chi connectivity index (χ4v) is 4.55. The van der Waals surface area contributed by atoms with E-state index in [0.717, 1.165) is 32.4 Å². The smallest absolute Gasteiger partial charge is 0.257 e. The lowest BCUT2D eigenvalue weighted by molar-refractivity contribution is -0.145. The van der Waals surface area contributed by atoms with Gasteiger partial charge in [0.2, 0.25) is 5.91 Å². The van der Waals surface area contributed by atoms with E-state index < -0.39 is 5.41 Å². The molecule has 0 bridgehead atoms. The van der Waals surface area contributed by atoms with Crippen molar-refractivity contribution in [2.24, 2.45) is 11.3 Å². The SMILES string of the molecule is COc1ccc(Cl)cc1C(=O)N1CCC2(CCCN(CC3CC3)C2=O)C1. The molecule has 2 aliphatic heterocycles. The van der Waals surface area contributed by atoms with Crippen LogP contribution in [0.3, 0.4) is 0 Å². The maximum Gasteiger partial charge on any atom is 0.257 e. The van der Waals surface area contributed by atoms with Crippen molar-refractivity contribution in [3.05, 3.63) is 28.8 Å². The number of piperidine rings is 1. The number of hydrogen-bond donors (Lipinski definition) is 0. The van der Waals surface area contributed by atoms with Crippen molar-refractivity contribution in [3.63, 3.8) is 0 Å². The number of carbonyl (C=O) groups excluding carboxylic acids is 2. The Morgan fingerprint density at radius 3 is 2.85 bits per heavy atom. The topological polar surface area (TPSA) is 49.9 Å². The Balaban J connectivity index is 1.51. The molecule has 3 aliphatic rings. The summed E-state index contributed by atoms with van der Waals surface area (Å²) < 4.78 is 5.33. The van der Waals surface area contributed by atoms with Crippen LogP contribution in [-0.2, 0) is 4.79 Å². The van der Waals surface area contributed by atoms with E-state index >= 15 is 0 Å². The van der Waals surface area contributed by atoms with Gasteiger partial charge in [-0.2, -0.15) is 0 Å². The predicted molar refractivity (Wildman–Crippen MR) is 99.5 cm³/mol. The van der Waals surface area contributed by atoms with Crippen LogP contribution in [0.5, 0.6) is 5.75 Å². The molecule has 2 heterocycles. The molecule has 2 amide bonds. The molecule has 1 saturated carbocycles. The highest BCUT2D eigenvalue weighted by Gasteiger charge is 2.50. The van der Waals surface area contributed by atoms with Gasteiger partial charge in [-0.15, -0.1) is 0 Å². The summed E-state index contributed by atoms with van der Waals surface area (Å²) in [6.45, 7) is 2.88. The first-order valence-electron chi connectivity index (χ1n) is 9.45. The molecular formula is C20H25ClN2O3. The van der Waals surface area contributed by atoms with Gasteiger partial charge >= 0.3 is 0 Å². The Kier molecular flexibility index (Phi) is 4.59. The average Bonchev–Trinajstić information content (AvgIpc) is 3.36. The number of carbonyl (C=O) groups is 2. The minimum absolute atomic E-state index is 0.103. The number of ether oxygens (including phenoxy) is 1. The Labute approximate surface area is 159 Å². The summed E-state index contributed by atoms with van der Waals surface area (Å²) in [6.07, 6.45) is 5.15. The first-order chi connectivity index (χ1) is 12.5. The number of benzene rings is 1. The molecular weight excluding hydrogens is 352 g/mol. The second-order valence-electron chi connectivity index (χ2n) is 7.90. The van der Waals surface area contributed by atoms with Crippen molar-refractivity contribution in [2.75, 3.05) is 33.3 Å². The molecule has 140 valence electrons. The lowest BCUT2D eigenvalue weighted by atomic mass is 9.78. The second kappa shape index (κ2) is 6.76. The highest BCUT2D eigenvalue weighted by Crippen LogP contribution is 2.42. The van der Waals surface area contributed by atoms with Gasteiger partial charge in [-0.1, -0.05) is 11.6 Å². The summed E-state index contributed by atoms with van der Waals surface area (Å²) >= 11 is 6.08. The van der Waals surface area contributed by atoms with Crippen molar-refractivity contribution >= 4 is 23.4 Å². The number of nitrogens with zero attached hydrogens (tertiary/aromatic N) is 2. The zero-order chi connectivity index (χ0) is 18.3. The van der Waals surface area contributed by atoms with Crippen LogP contribution in [0.15, 0.2) is 18.2 Å². The summed E-state index contributed by atoms with van der Waals surface area (Å²) in [5.41, 5.74) is 0.0735.